The van der Waals surface area contributed by atoms with Crippen LogP contribution in [0.2, 0.25) is 5.02 Å². The molecule has 0 fully saturated rings. The molecule has 1 amide bonds. The molecule has 2 aromatic carbocycles. The summed E-state index contributed by atoms with van der Waals surface area (Å²) < 4.78 is 0. The van der Waals surface area contributed by atoms with Crippen LogP contribution in [0.5, 0.6) is 0 Å². The molecule has 0 heterocycles. The van der Waals surface area contributed by atoms with Crippen molar-refractivity contribution in [1.82, 2.24) is 5.32 Å². The van der Waals surface area contributed by atoms with Gasteiger partial charge in [-0.25, -0.2) is 0 Å². The molecule has 0 spiro atoms. The summed E-state index contributed by atoms with van der Waals surface area (Å²) in [5, 5.41) is 11.2. The van der Waals surface area contributed by atoms with Gasteiger partial charge in [0.1, 0.15) is 13.7 Å². The molecule has 0 aliphatic heterocycles. The van der Waals surface area contributed by atoms with Gasteiger partial charge in [-0.15, -0.1) is 0 Å². The highest BCUT2D eigenvalue weighted by molar-refractivity contribution is 6.45. The van der Waals surface area contributed by atoms with Crippen LogP contribution in [-0.4, -0.2) is 31.5 Å². The van der Waals surface area contributed by atoms with Gasteiger partial charge in [0.05, 0.1) is 5.71 Å². The Balaban J connectivity index is 2.17. The van der Waals surface area contributed by atoms with Gasteiger partial charge in [-0.1, -0.05) is 46.2 Å². The molecule has 27 heavy (non-hydrogen) atoms. The standard InChI is InChI=1S/C20H22ClN3O3/c1-13-8-9-15(10-18(13)19(24-26-4)20(25)22-3)12-27-23-14(2)16-6-5-7-17(21)11-16/h5-11H,12H2,1-4H3,(H,22,25)/b23-14+,24-19+. The molecule has 2 aromatic rings. The molecule has 7 heteroatoms. The third-order valence-corrected chi connectivity index (χ3v) is 4.09. The fourth-order valence-corrected chi connectivity index (χ4v) is 2.60. The summed E-state index contributed by atoms with van der Waals surface area (Å²) in [5.41, 5.74) is 4.24. The molecular formula is C20H22ClN3O3. The van der Waals surface area contributed by atoms with Crippen LogP contribution >= 0.6 is 11.6 Å². The average Bonchev–Trinajstić information content (AvgIpc) is 2.67. The Labute approximate surface area is 163 Å². The van der Waals surface area contributed by atoms with Gasteiger partial charge < -0.3 is 15.0 Å². The van der Waals surface area contributed by atoms with Crippen LogP contribution in [0, 0.1) is 6.92 Å². The molecule has 0 aromatic heterocycles. The SMILES string of the molecule is CNC(=O)/C(=N/OC)c1cc(CO/N=C(\C)c2cccc(Cl)c2)ccc1C. The molecule has 6 nitrogen and oxygen atoms in total. The summed E-state index contributed by atoms with van der Waals surface area (Å²) in [7, 11) is 2.95. The third kappa shape index (κ3) is 5.56. The van der Waals surface area contributed by atoms with E-state index in [0.717, 1.165) is 22.4 Å². The van der Waals surface area contributed by atoms with Gasteiger partial charge in [0.15, 0.2) is 5.71 Å². The van der Waals surface area contributed by atoms with E-state index in [1.54, 1.807) is 13.1 Å². The maximum Gasteiger partial charge on any atom is 0.273 e. The third-order valence-electron chi connectivity index (χ3n) is 3.86. The molecule has 1 N–H and O–H groups in total. The number of carbonyl (C=O) groups excluding carboxylic acids is 1. The van der Waals surface area contributed by atoms with E-state index in [-0.39, 0.29) is 18.2 Å². The number of likely N-dealkylation sites (N-methyl/N-ethyl adjacent to an activating group) is 1. The fraction of sp³-hybridized carbons (Fsp3) is 0.250. The number of halogens is 1. The van der Waals surface area contributed by atoms with Gasteiger partial charge >= 0.3 is 0 Å². The molecule has 0 atom stereocenters. The van der Waals surface area contributed by atoms with Gasteiger partial charge in [-0.3, -0.25) is 4.79 Å². The van der Waals surface area contributed by atoms with E-state index in [1.807, 2.05) is 50.2 Å². The number of nitrogens with one attached hydrogen (secondary N) is 1. The van der Waals surface area contributed by atoms with E-state index in [4.69, 9.17) is 21.3 Å². The monoisotopic (exact) mass is 387 g/mol. The summed E-state index contributed by atoms with van der Waals surface area (Å²) in [6, 6.07) is 13.1. The molecule has 0 bridgehead atoms. The number of carbonyl (C=O) groups is 1. The van der Waals surface area contributed by atoms with Gasteiger partial charge in [0.2, 0.25) is 0 Å². The van der Waals surface area contributed by atoms with Crippen molar-refractivity contribution in [3.05, 3.63) is 69.7 Å². The zero-order valence-electron chi connectivity index (χ0n) is 15.7. The Morgan fingerprint density at radius 1 is 1.19 bits per heavy atom. The Morgan fingerprint density at radius 3 is 2.63 bits per heavy atom. The number of rotatable bonds is 7. The minimum absolute atomic E-state index is 0.206. The summed E-state index contributed by atoms with van der Waals surface area (Å²) in [4.78, 5) is 22.3. The van der Waals surface area contributed by atoms with E-state index in [1.165, 1.54) is 7.11 Å². The number of aryl methyl sites for hydroxylation is 1. The average molecular weight is 388 g/mol. The number of hydrogen-bond acceptors (Lipinski definition) is 5. The first-order chi connectivity index (χ1) is 13.0. The number of amides is 1. The van der Waals surface area contributed by atoms with Crippen molar-refractivity contribution in [1.29, 1.82) is 0 Å². The number of oxime groups is 2. The van der Waals surface area contributed by atoms with Crippen LogP contribution in [0.15, 0.2) is 52.8 Å². The van der Waals surface area contributed by atoms with E-state index >= 15 is 0 Å². The summed E-state index contributed by atoms with van der Waals surface area (Å²) in [6.45, 7) is 4.00. The fourth-order valence-electron chi connectivity index (χ4n) is 2.41. The molecule has 0 aliphatic carbocycles. The lowest BCUT2D eigenvalue weighted by Crippen LogP contribution is -2.29. The predicted octanol–water partition coefficient (Wildman–Crippen LogP) is 3.69. The highest BCUT2D eigenvalue weighted by Gasteiger charge is 2.16. The first kappa shape index (κ1) is 20.5. The van der Waals surface area contributed by atoms with Crippen LogP contribution < -0.4 is 5.32 Å². The van der Waals surface area contributed by atoms with Crippen molar-refractivity contribution in [2.75, 3.05) is 14.2 Å². The van der Waals surface area contributed by atoms with Crippen molar-refractivity contribution in [3.63, 3.8) is 0 Å². The lowest BCUT2D eigenvalue weighted by molar-refractivity contribution is -0.114. The first-order valence-corrected chi connectivity index (χ1v) is 8.69. The molecule has 0 aliphatic rings. The lowest BCUT2D eigenvalue weighted by Gasteiger charge is -2.10. The molecule has 0 saturated carbocycles. The van der Waals surface area contributed by atoms with Gasteiger partial charge in [-0.2, -0.15) is 0 Å². The largest absolute Gasteiger partial charge is 0.398 e. The van der Waals surface area contributed by atoms with Crippen molar-refractivity contribution >= 4 is 28.9 Å². The normalized spacial score (nSPS) is 11.9. The summed E-state index contributed by atoms with van der Waals surface area (Å²) >= 11 is 5.99. The lowest BCUT2D eigenvalue weighted by atomic mass is 10.0. The topological polar surface area (TPSA) is 72.3 Å². The van der Waals surface area contributed by atoms with Gasteiger partial charge in [-0.05, 0) is 43.2 Å². The van der Waals surface area contributed by atoms with Crippen molar-refractivity contribution < 1.29 is 14.5 Å². The zero-order chi connectivity index (χ0) is 19.8. The Morgan fingerprint density at radius 2 is 1.96 bits per heavy atom. The molecular weight excluding hydrogens is 366 g/mol. The molecule has 0 radical (unpaired) electrons. The smallest absolute Gasteiger partial charge is 0.273 e. The molecule has 142 valence electrons. The number of benzene rings is 2. The van der Waals surface area contributed by atoms with Gasteiger partial charge in [0, 0.05) is 23.2 Å². The van der Waals surface area contributed by atoms with E-state index in [0.29, 0.717) is 10.6 Å². The second-order valence-electron chi connectivity index (χ2n) is 5.81. The Kier molecular flexibility index (Phi) is 7.37. The van der Waals surface area contributed by atoms with E-state index in [9.17, 15) is 4.79 Å². The highest BCUT2D eigenvalue weighted by atomic mass is 35.5. The van der Waals surface area contributed by atoms with Crippen LogP contribution in [0.3, 0.4) is 0 Å². The van der Waals surface area contributed by atoms with E-state index in [2.05, 4.69) is 15.6 Å². The second-order valence-corrected chi connectivity index (χ2v) is 6.25. The van der Waals surface area contributed by atoms with Crippen molar-refractivity contribution in [2.24, 2.45) is 10.3 Å². The molecule has 2 rings (SSSR count). The number of hydrogen-bond donors (Lipinski definition) is 1. The van der Waals surface area contributed by atoms with Crippen LogP contribution in [0.25, 0.3) is 0 Å². The van der Waals surface area contributed by atoms with E-state index < -0.39 is 0 Å². The summed E-state index contributed by atoms with van der Waals surface area (Å²) in [6.07, 6.45) is 0. The highest BCUT2D eigenvalue weighted by Crippen LogP contribution is 2.15. The van der Waals surface area contributed by atoms with Crippen LogP contribution in [-0.2, 0) is 21.1 Å². The zero-order valence-corrected chi connectivity index (χ0v) is 16.5. The van der Waals surface area contributed by atoms with Crippen LogP contribution in [0.1, 0.15) is 29.2 Å². The minimum atomic E-state index is -0.326. The quantitative estimate of drug-likeness (QED) is 0.581. The minimum Gasteiger partial charge on any atom is -0.398 e. The molecule has 0 unspecified atom stereocenters. The Hall–Kier alpha value is -2.86. The van der Waals surface area contributed by atoms with Crippen molar-refractivity contribution in [3.8, 4) is 0 Å². The number of nitrogens with zero attached hydrogens (tertiary/aromatic N) is 2. The predicted molar refractivity (Wildman–Crippen MR) is 107 cm³/mol. The summed E-state index contributed by atoms with van der Waals surface area (Å²) in [5.74, 6) is -0.326. The van der Waals surface area contributed by atoms with Gasteiger partial charge in [0.25, 0.3) is 5.91 Å². The first-order valence-electron chi connectivity index (χ1n) is 8.32. The second kappa shape index (κ2) is 9.73. The molecule has 0 saturated heterocycles. The van der Waals surface area contributed by atoms with Crippen molar-refractivity contribution in [2.45, 2.75) is 20.5 Å². The maximum atomic E-state index is 12.1. The maximum absolute atomic E-state index is 12.1. The van der Waals surface area contributed by atoms with Crippen LogP contribution in [0.4, 0.5) is 0 Å². The Bertz CT molecular complexity index is 879.